The van der Waals surface area contributed by atoms with Gasteiger partial charge < -0.3 is 13.9 Å². The van der Waals surface area contributed by atoms with Crippen molar-refractivity contribution in [3.8, 4) is 5.75 Å². The molecule has 23 heavy (non-hydrogen) atoms. The minimum Gasteiger partial charge on any atom is -0.485 e. The van der Waals surface area contributed by atoms with Gasteiger partial charge in [-0.2, -0.15) is 0 Å². The lowest BCUT2D eigenvalue weighted by Crippen LogP contribution is -2.10. The van der Waals surface area contributed by atoms with Crippen LogP contribution in [0.4, 0.5) is 0 Å². The van der Waals surface area contributed by atoms with Gasteiger partial charge in [0.1, 0.15) is 18.1 Å². The maximum atomic E-state index is 11.8. The van der Waals surface area contributed by atoms with Crippen molar-refractivity contribution < 1.29 is 18.7 Å². The van der Waals surface area contributed by atoms with E-state index >= 15 is 0 Å². The van der Waals surface area contributed by atoms with Gasteiger partial charge in [-0.1, -0.05) is 36.4 Å². The summed E-state index contributed by atoms with van der Waals surface area (Å²) in [7, 11) is 0. The van der Waals surface area contributed by atoms with Crippen molar-refractivity contribution >= 4 is 16.7 Å². The van der Waals surface area contributed by atoms with Crippen molar-refractivity contribution in [3.05, 3.63) is 66.1 Å². The van der Waals surface area contributed by atoms with Crippen molar-refractivity contribution in [3.63, 3.8) is 0 Å². The largest absolute Gasteiger partial charge is 0.485 e. The third-order valence-corrected chi connectivity index (χ3v) is 3.33. The lowest BCUT2D eigenvalue weighted by atomic mass is 10.1. The van der Waals surface area contributed by atoms with E-state index in [9.17, 15) is 4.79 Å². The first-order valence-electron chi connectivity index (χ1n) is 7.54. The molecule has 118 valence electrons. The molecule has 0 radical (unpaired) electrons. The molecule has 1 heterocycles. The molecule has 4 nitrogen and oxygen atoms in total. The number of furan rings is 1. The lowest BCUT2D eigenvalue weighted by Gasteiger charge is -2.08. The van der Waals surface area contributed by atoms with Gasteiger partial charge in [0, 0.05) is 5.39 Å². The monoisotopic (exact) mass is 310 g/mol. The second-order valence-corrected chi connectivity index (χ2v) is 5.49. The third-order valence-electron chi connectivity index (χ3n) is 3.33. The summed E-state index contributed by atoms with van der Waals surface area (Å²) in [5, 5.41) is 2.16. The summed E-state index contributed by atoms with van der Waals surface area (Å²) in [5.74, 6) is 1.09. The molecule has 0 fully saturated rings. The average Bonchev–Trinajstić information content (AvgIpc) is 3.01. The molecule has 0 saturated carbocycles. The van der Waals surface area contributed by atoms with Gasteiger partial charge in [0.25, 0.3) is 0 Å². The Balaban J connectivity index is 1.71. The van der Waals surface area contributed by atoms with Gasteiger partial charge in [-0.3, -0.25) is 0 Å². The van der Waals surface area contributed by atoms with Crippen LogP contribution in [0.25, 0.3) is 10.8 Å². The number of esters is 1. The zero-order valence-corrected chi connectivity index (χ0v) is 13.1. The van der Waals surface area contributed by atoms with Gasteiger partial charge in [-0.25, -0.2) is 4.79 Å². The zero-order chi connectivity index (χ0) is 16.2. The number of rotatable bonds is 5. The Kier molecular flexibility index (Phi) is 4.33. The van der Waals surface area contributed by atoms with Crippen molar-refractivity contribution in [2.24, 2.45) is 0 Å². The first-order chi connectivity index (χ1) is 11.1. The van der Waals surface area contributed by atoms with Crippen molar-refractivity contribution in [1.82, 2.24) is 0 Å². The molecule has 0 saturated heterocycles. The standard InChI is InChI=1S/C19H18O4/c1-13(2)22-19(20)18-11-10-15(23-18)12-21-17-9-5-7-14-6-3-4-8-16(14)17/h3-11,13H,12H2,1-2H3. The fourth-order valence-corrected chi connectivity index (χ4v) is 2.31. The van der Waals surface area contributed by atoms with Gasteiger partial charge in [-0.05, 0) is 37.4 Å². The molecule has 0 aliphatic carbocycles. The van der Waals surface area contributed by atoms with Crippen LogP contribution < -0.4 is 4.74 Å². The maximum absolute atomic E-state index is 11.8. The summed E-state index contributed by atoms with van der Waals surface area (Å²) < 4.78 is 16.4. The van der Waals surface area contributed by atoms with Gasteiger partial charge in [0.15, 0.2) is 0 Å². The van der Waals surface area contributed by atoms with E-state index < -0.39 is 5.97 Å². The lowest BCUT2D eigenvalue weighted by molar-refractivity contribution is 0.0337. The normalized spacial score (nSPS) is 10.9. The van der Waals surface area contributed by atoms with Crippen molar-refractivity contribution in [2.45, 2.75) is 26.6 Å². The Bertz CT molecular complexity index is 812. The van der Waals surface area contributed by atoms with Crippen LogP contribution in [0.15, 0.2) is 59.0 Å². The van der Waals surface area contributed by atoms with E-state index in [1.165, 1.54) is 0 Å². The summed E-state index contributed by atoms with van der Waals surface area (Å²) in [6.07, 6.45) is -0.178. The Morgan fingerprint density at radius 2 is 1.83 bits per heavy atom. The molecule has 4 heteroatoms. The van der Waals surface area contributed by atoms with Crippen LogP contribution in [0.3, 0.4) is 0 Å². The molecule has 0 bridgehead atoms. The number of fused-ring (bicyclic) bond motifs is 1. The number of carbonyl (C=O) groups is 1. The summed E-state index contributed by atoms with van der Waals surface area (Å²) in [6, 6.07) is 17.2. The average molecular weight is 310 g/mol. The molecule has 3 aromatic rings. The quantitative estimate of drug-likeness (QED) is 0.647. The Labute approximate surface area is 134 Å². The van der Waals surface area contributed by atoms with Crippen LogP contribution in [0.5, 0.6) is 5.75 Å². The molecular weight excluding hydrogens is 292 g/mol. The van der Waals surface area contributed by atoms with Crippen LogP contribution >= 0.6 is 0 Å². The maximum Gasteiger partial charge on any atom is 0.374 e. The highest BCUT2D eigenvalue weighted by Crippen LogP contribution is 2.26. The first kappa shape index (κ1) is 15.2. The van der Waals surface area contributed by atoms with E-state index in [0.29, 0.717) is 5.76 Å². The second kappa shape index (κ2) is 6.57. The highest BCUT2D eigenvalue weighted by molar-refractivity contribution is 5.88. The highest BCUT2D eigenvalue weighted by atomic mass is 16.6. The summed E-state index contributed by atoms with van der Waals surface area (Å²) in [5.41, 5.74) is 0. The zero-order valence-electron chi connectivity index (χ0n) is 13.1. The van der Waals surface area contributed by atoms with Gasteiger partial charge in [0.2, 0.25) is 5.76 Å². The van der Waals surface area contributed by atoms with E-state index in [0.717, 1.165) is 16.5 Å². The molecule has 0 N–H and O–H groups in total. The topological polar surface area (TPSA) is 48.7 Å². The van der Waals surface area contributed by atoms with E-state index in [-0.39, 0.29) is 18.5 Å². The molecule has 0 spiro atoms. The number of benzene rings is 2. The SMILES string of the molecule is CC(C)OC(=O)c1ccc(COc2cccc3ccccc23)o1. The van der Waals surface area contributed by atoms with E-state index in [4.69, 9.17) is 13.9 Å². The fraction of sp³-hybridized carbons (Fsp3) is 0.211. The predicted octanol–water partition coefficient (Wildman–Crippen LogP) is 4.58. The summed E-state index contributed by atoms with van der Waals surface area (Å²) in [4.78, 5) is 11.8. The Hall–Kier alpha value is -2.75. The Morgan fingerprint density at radius 3 is 2.65 bits per heavy atom. The van der Waals surface area contributed by atoms with E-state index in [1.54, 1.807) is 26.0 Å². The molecule has 0 unspecified atom stereocenters. The molecule has 1 aromatic heterocycles. The van der Waals surface area contributed by atoms with Crippen molar-refractivity contribution in [1.29, 1.82) is 0 Å². The minimum absolute atomic E-state index is 0.178. The van der Waals surface area contributed by atoms with E-state index in [2.05, 4.69) is 0 Å². The van der Waals surface area contributed by atoms with Crippen molar-refractivity contribution in [2.75, 3.05) is 0 Å². The Morgan fingerprint density at radius 1 is 1.04 bits per heavy atom. The van der Waals surface area contributed by atoms with Crippen LogP contribution in [-0.2, 0) is 11.3 Å². The van der Waals surface area contributed by atoms with Gasteiger partial charge in [-0.15, -0.1) is 0 Å². The van der Waals surface area contributed by atoms with Gasteiger partial charge in [0.05, 0.1) is 6.10 Å². The number of carbonyl (C=O) groups excluding carboxylic acids is 1. The summed E-state index contributed by atoms with van der Waals surface area (Å²) in [6.45, 7) is 3.85. The number of hydrogen-bond acceptors (Lipinski definition) is 4. The highest BCUT2D eigenvalue weighted by Gasteiger charge is 2.14. The molecule has 0 aliphatic heterocycles. The second-order valence-electron chi connectivity index (χ2n) is 5.49. The molecule has 2 aromatic carbocycles. The van der Waals surface area contributed by atoms with Crippen LogP contribution in [0.2, 0.25) is 0 Å². The summed E-state index contributed by atoms with van der Waals surface area (Å²) >= 11 is 0. The molecular formula is C19H18O4. The number of hydrogen-bond donors (Lipinski definition) is 0. The fourth-order valence-electron chi connectivity index (χ4n) is 2.31. The molecule has 0 atom stereocenters. The van der Waals surface area contributed by atoms with Crippen LogP contribution in [-0.4, -0.2) is 12.1 Å². The van der Waals surface area contributed by atoms with Gasteiger partial charge >= 0.3 is 5.97 Å². The predicted molar refractivity (Wildman–Crippen MR) is 87.5 cm³/mol. The smallest absolute Gasteiger partial charge is 0.374 e. The van der Waals surface area contributed by atoms with Crippen LogP contribution in [0, 0.1) is 0 Å². The third kappa shape index (κ3) is 3.54. The molecule has 0 amide bonds. The van der Waals surface area contributed by atoms with Crippen LogP contribution in [0.1, 0.15) is 30.2 Å². The molecule has 0 aliphatic rings. The van der Waals surface area contributed by atoms with E-state index in [1.807, 2.05) is 42.5 Å². The minimum atomic E-state index is -0.462. The first-order valence-corrected chi connectivity index (χ1v) is 7.54. The number of ether oxygens (including phenoxy) is 2. The molecule has 3 rings (SSSR count).